The van der Waals surface area contributed by atoms with Crippen LogP contribution in [0, 0.1) is 0 Å². The van der Waals surface area contributed by atoms with Crippen LogP contribution < -0.4 is 0 Å². The van der Waals surface area contributed by atoms with Crippen molar-refractivity contribution >= 4 is 0 Å². The van der Waals surface area contributed by atoms with E-state index in [1.165, 1.54) is 5.56 Å². The van der Waals surface area contributed by atoms with Gasteiger partial charge in [0.25, 0.3) is 0 Å². The van der Waals surface area contributed by atoms with Gasteiger partial charge in [-0.05, 0) is 24.1 Å². The Bertz CT molecular complexity index is 678. The van der Waals surface area contributed by atoms with Gasteiger partial charge in [-0.1, -0.05) is 37.3 Å². The van der Waals surface area contributed by atoms with E-state index in [0.29, 0.717) is 17.3 Å². The average Bonchev–Trinajstić information content (AvgIpc) is 2.56. The third kappa shape index (κ3) is 2.51. The molecule has 98 valence electrons. The van der Waals surface area contributed by atoms with E-state index in [-0.39, 0.29) is 0 Å². The van der Waals surface area contributed by atoms with Gasteiger partial charge in [-0.2, -0.15) is 0 Å². The summed E-state index contributed by atoms with van der Waals surface area (Å²) in [4.78, 5) is 4.17. The van der Waals surface area contributed by atoms with Crippen LogP contribution in [0.3, 0.4) is 0 Å². The van der Waals surface area contributed by atoms with Crippen LogP contribution in [0.1, 0.15) is 12.5 Å². The van der Waals surface area contributed by atoms with Crippen molar-refractivity contribution in [2.45, 2.75) is 13.3 Å². The van der Waals surface area contributed by atoms with Crippen molar-refractivity contribution in [2.24, 2.45) is 0 Å². The lowest BCUT2D eigenvalue weighted by Crippen LogP contribution is -2.00. The molecule has 0 saturated carbocycles. The number of aryl methyl sites for hydroxylation is 1. The van der Waals surface area contributed by atoms with Crippen LogP contribution in [0.2, 0.25) is 0 Å². The number of aromatic nitrogens is 5. The maximum Gasteiger partial charge on any atom is 0.221 e. The van der Waals surface area contributed by atoms with Gasteiger partial charge in [0.2, 0.25) is 11.6 Å². The molecule has 1 aromatic carbocycles. The summed E-state index contributed by atoms with van der Waals surface area (Å²) in [6.45, 7) is 2.12. The van der Waals surface area contributed by atoms with Crippen LogP contribution in [0.25, 0.3) is 22.9 Å². The molecule has 0 saturated heterocycles. The van der Waals surface area contributed by atoms with Crippen LogP contribution in [0.15, 0.2) is 48.7 Å². The molecule has 0 aliphatic rings. The lowest BCUT2D eigenvalue weighted by Gasteiger charge is -2.01. The first-order valence-electron chi connectivity index (χ1n) is 6.45. The monoisotopic (exact) mass is 263 g/mol. The largest absolute Gasteiger partial charge is 0.253 e. The number of nitrogens with zero attached hydrogens (tertiary/aromatic N) is 5. The SMILES string of the molecule is CCc1ccc(-c2nnc(-c3ccccn3)nn2)cc1. The van der Waals surface area contributed by atoms with Gasteiger partial charge < -0.3 is 0 Å². The fourth-order valence-electron chi connectivity index (χ4n) is 1.83. The van der Waals surface area contributed by atoms with Crippen LogP contribution in [-0.2, 0) is 6.42 Å². The molecular formula is C15H13N5. The highest BCUT2D eigenvalue weighted by atomic mass is 15.3. The summed E-state index contributed by atoms with van der Waals surface area (Å²) in [7, 11) is 0. The van der Waals surface area contributed by atoms with E-state index in [1.807, 2.05) is 30.3 Å². The minimum absolute atomic E-state index is 0.430. The van der Waals surface area contributed by atoms with E-state index in [2.05, 4.69) is 44.4 Å². The Morgan fingerprint density at radius 3 is 2.10 bits per heavy atom. The quantitative estimate of drug-likeness (QED) is 0.726. The van der Waals surface area contributed by atoms with Crippen molar-refractivity contribution in [2.75, 3.05) is 0 Å². The number of rotatable bonds is 3. The van der Waals surface area contributed by atoms with E-state index in [0.717, 1.165) is 12.0 Å². The summed E-state index contributed by atoms with van der Waals surface area (Å²) in [5, 5.41) is 16.4. The predicted octanol–water partition coefficient (Wildman–Crippen LogP) is 2.56. The van der Waals surface area contributed by atoms with Crippen molar-refractivity contribution in [1.82, 2.24) is 25.4 Å². The minimum Gasteiger partial charge on any atom is -0.253 e. The molecule has 0 bridgehead atoms. The molecule has 0 radical (unpaired) electrons. The number of pyridine rings is 1. The fourth-order valence-corrected chi connectivity index (χ4v) is 1.83. The molecule has 0 N–H and O–H groups in total. The standard InChI is InChI=1S/C15H13N5/c1-2-11-6-8-12(9-7-11)14-17-19-15(20-18-14)13-5-3-4-10-16-13/h3-10H,2H2,1H3. The number of hydrogen-bond acceptors (Lipinski definition) is 5. The summed E-state index contributed by atoms with van der Waals surface area (Å²) in [6, 6.07) is 13.6. The van der Waals surface area contributed by atoms with Crippen molar-refractivity contribution in [3.05, 3.63) is 54.2 Å². The molecule has 2 heterocycles. The molecule has 5 nitrogen and oxygen atoms in total. The van der Waals surface area contributed by atoms with Crippen LogP contribution in [0.5, 0.6) is 0 Å². The average molecular weight is 263 g/mol. The van der Waals surface area contributed by atoms with E-state index in [1.54, 1.807) is 6.20 Å². The third-order valence-electron chi connectivity index (χ3n) is 2.99. The van der Waals surface area contributed by atoms with Gasteiger partial charge in [-0.15, -0.1) is 20.4 Å². The lowest BCUT2D eigenvalue weighted by molar-refractivity contribution is 0.870. The first-order valence-corrected chi connectivity index (χ1v) is 6.45. The summed E-state index contributed by atoms with van der Waals surface area (Å²) in [5.41, 5.74) is 2.86. The van der Waals surface area contributed by atoms with Gasteiger partial charge in [-0.3, -0.25) is 4.98 Å². The Balaban J connectivity index is 1.89. The van der Waals surface area contributed by atoms with Crippen molar-refractivity contribution in [1.29, 1.82) is 0 Å². The van der Waals surface area contributed by atoms with Crippen molar-refractivity contribution < 1.29 is 0 Å². The molecule has 0 fully saturated rings. The summed E-state index contributed by atoms with van der Waals surface area (Å²) < 4.78 is 0. The smallest absolute Gasteiger partial charge is 0.221 e. The van der Waals surface area contributed by atoms with Gasteiger partial charge in [-0.25, -0.2) is 0 Å². The van der Waals surface area contributed by atoms with E-state index < -0.39 is 0 Å². The third-order valence-corrected chi connectivity index (χ3v) is 2.99. The normalized spacial score (nSPS) is 10.4. The molecule has 0 atom stereocenters. The Morgan fingerprint density at radius 1 is 0.800 bits per heavy atom. The van der Waals surface area contributed by atoms with E-state index in [4.69, 9.17) is 0 Å². The topological polar surface area (TPSA) is 64.5 Å². The molecule has 0 aliphatic carbocycles. The Labute approximate surface area is 116 Å². The van der Waals surface area contributed by atoms with Crippen LogP contribution >= 0.6 is 0 Å². The molecule has 3 rings (SSSR count). The molecule has 2 aromatic heterocycles. The molecule has 0 spiro atoms. The maximum atomic E-state index is 4.17. The Morgan fingerprint density at radius 2 is 1.50 bits per heavy atom. The first-order chi connectivity index (χ1) is 9.86. The lowest BCUT2D eigenvalue weighted by atomic mass is 10.1. The molecule has 0 unspecified atom stereocenters. The molecule has 20 heavy (non-hydrogen) atoms. The number of benzene rings is 1. The molecule has 0 amide bonds. The van der Waals surface area contributed by atoms with Gasteiger partial charge in [0.05, 0.1) is 0 Å². The zero-order chi connectivity index (χ0) is 13.8. The second-order valence-electron chi connectivity index (χ2n) is 4.31. The van der Waals surface area contributed by atoms with E-state index >= 15 is 0 Å². The Kier molecular flexibility index (Phi) is 3.41. The predicted molar refractivity (Wildman–Crippen MR) is 75.7 cm³/mol. The van der Waals surface area contributed by atoms with Gasteiger partial charge >= 0.3 is 0 Å². The zero-order valence-corrected chi connectivity index (χ0v) is 11.1. The highest BCUT2D eigenvalue weighted by Crippen LogP contribution is 2.15. The first kappa shape index (κ1) is 12.3. The summed E-state index contributed by atoms with van der Waals surface area (Å²) >= 11 is 0. The van der Waals surface area contributed by atoms with Gasteiger partial charge in [0.15, 0.2) is 0 Å². The van der Waals surface area contributed by atoms with Crippen molar-refractivity contribution in [3.63, 3.8) is 0 Å². The highest BCUT2D eigenvalue weighted by molar-refractivity contribution is 5.55. The van der Waals surface area contributed by atoms with E-state index in [9.17, 15) is 0 Å². The highest BCUT2D eigenvalue weighted by Gasteiger charge is 2.06. The second kappa shape index (κ2) is 5.52. The summed E-state index contributed by atoms with van der Waals surface area (Å²) in [6.07, 6.45) is 2.70. The van der Waals surface area contributed by atoms with Gasteiger partial charge in [0.1, 0.15) is 5.69 Å². The fraction of sp³-hybridized carbons (Fsp3) is 0.133. The van der Waals surface area contributed by atoms with Gasteiger partial charge in [0, 0.05) is 11.8 Å². The zero-order valence-electron chi connectivity index (χ0n) is 11.1. The molecule has 5 heteroatoms. The van der Waals surface area contributed by atoms with Crippen LogP contribution in [-0.4, -0.2) is 25.4 Å². The Hall–Kier alpha value is -2.69. The van der Waals surface area contributed by atoms with Crippen LogP contribution in [0.4, 0.5) is 0 Å². The maximum absolute atomic E-state index is 4.17. The van der Waals surface area contributed by atoms with Crippen molar-refractivity contribution in [3.8, 4) is 22.9 Å². The molecule has 3 aromatic rings. The number of hydrogen-bond donors (Lipinski definition) is 0. The molecular weight excluding hydrogens is 250 g/mol. The summed E-state index contributed by atoms with van der Waals surface area (Å²) in [5.74, 6) is 0.951. The second-order valence-corrected chi connectivity index (χ2v) is 4.31. The minimum atomic E-state index is 0.430. The molecule has 0 aliphatic heterocycles.